The van der Waals surface area contributed by atoms with Crippen molar-refractivity contribution in [2.45, 2.75) is 19.4 Å². The zero-order chi connectivity index (χ0) is 12.1. The van der Waals surface area contributed by atoms with Gasteiger partial charge in [-0.25, -0.2) is 0 Å². The van der Waals surface area contributed by atoms with E-state index in [1.807, 2.05) is 11.8 Å². The van der Waals surface area contributed by atoms with E-state index < -0.39 is 0 Å². The van der Waals surface area contributed by atoms with Gasteiger partial charge in [0.05, 0.1) is 19.1 Å². The van der Waals surface area contributed by atoms with Crippen molar-refractivity contribution < 1.29 is 9.53 Å². The average Bonchev–Trinajstić information content (AvgIpc) is 2.97. The lowest BCUT2D eigenvalue weighted by Crippen LogP contribution is -2.44. The molecule has 3 unspecified atom stereocenters. The van der Waals surface area contributed by atoms with Gasteiger partial charge < -0.3 is 15.4 Å². The Balaban J connectivity index is 1.74. The normalized spacial score (nSPS) is 32.9. The highest BCUT2D eigenvalue weighted by Gasteiger charge is 2.33. The van der Waals surface area contributed by atoms with Gasteiger partial charge in [-0.15, -0.1) is 0 Å². The van der Waals surface area contributed by atoms with Crippen molar-refractivity contribution in [3.8, 4) is 0 Å². The summed E-state index contributed by atoms with van der Waals surface area (Å²) in [5.41, 5.74) is 0. The quantitative estimate of drug-likeness (QED) is 0.753. The molecule has 5 heteroatoms. The van der Waals surface area contributed by atoms with E-state index in [1.54, 1.807) is 0 Å². The summed E-state index contributed by atoms with van der Waals surface area (Å²) in [4.78, 5) is 12.0. The largest absolute Gasteiger partial charge is 0.379 e. The third-order valence-electron chi connectivity index (χ3n) is 3.47. The highest BCUT2D eigenvalue weighted by Crippen LogP contribution is 2.22. The molecule has 2 aliphatic rings. The first-order valence-electron chi connectivity index (χ1n) is 6.47. The summed E-state index contributed by atoms with van der Waals surface area (Å²) in [5, 5.41) is 6.40. The Morgan fingerprint density at radius 3 is 3.06 bits per heavy atom. The maximum absolute atomic E-state index is 12.0. The molecule has 2 fully saturated rings. The number of likely N-dealkylation sites (N-methyl/N-ethyl adjacent to an activating group) is 1. The third-order valence-corrected chi connectivity index (χ3v) is 4.70. The number of thioether (sulfide) groups is 1. The maximum Gasteiger partial charge on any atom is 0.227 e. The van der Waals surface area contributed by atoms with E-state index in [0.29, 0.717) is 19.1 Å². The molecule has 2 aliphatic heterocycles. The molecule has 0 bridgehead atoms. The van der Waals surface area contributed by atoms with E-state index in [0.717, 1.165) is 13.1 Å². The minimum absolute atomic E-state index is 0.0102. The number of hydrogen-bond donors (Lipinski definition) is 2. The van der Waals surface area contributed by atoms with E-state index in [4.69, 9.17) is 4.74 Å². The number of amides is 1. The van der Waals surface area contributed by atoms with Gasteiger partial charge in [0.15, 0.2) is 0 Å². The van der Waals surface area contributed by atoms with Gasteiger partial charge in [0.2, 0.25) is 5.91 Å². The van der Waals surface area contributed by atoms with E-state index in [-0.39, 0.29) is 17.9 Å². The van der Waals surface area contributed by atoms with Crippen LogP contribution in [0.4, 0.5) is 0 Å². The second-order valence-electron chi connectivity index (χ2n) is 4.78. The summed E-state index contributed by atoms with van der Waals surface area (Å²) in [5.74, 6) is 3.25. The van der Waals surface area contributed by atoms with Crippen LogP contribution in [0.1, 0.15) is 13.3 Å². The second-order valence-corrected chi connectivity index (χ2v) is 5.93. The van der Waals surface area contributed by atoms with Crippen molar-refractivity contribution in [3.63, 3.8) is 0 Å². The molecule has 1 amide bonds. The number of carbonyl (C=O) groups is 1. The fourth-order valence-electron chi connectivity index (χ4n) is 2.40. The lowest BCUT2D eigenvalue weighted by atomic mass is 10.0. The number of carbonyl (C=O) groups excluding carboxylic acids is 1. The Bertz CT molecular complexity index is 257. The number of nitrogens with one attached hydrogen (secondary N) is 2. The van der Waals surface area contributed by atoms with Crippen molar-refractivity contribution >= 4 is 17.7 Å². The van der Waals surface area contributed by atoms with Gasteiger partial charge in [-0.2, -0.15) is 11.8 Å². The van der Waals surface area contributed by atoms with Crippen molar-refractivity contribution in [1.82, 2.24) is 10.6 Å². The van der Waals surface area contributed by atoms with Gasteiger partial charge in [-0.1, -0.05) is 6.92 Å². The second kappa shape index (κ2) is 6.61. The first kappa shape index (κ1) is 13.2. The van der Waals surface area contributed by atoms with Crippen LogP contribution in [0.2, 0.25) is 0 Å². The Kier molecular flexibility index (Phi) is 5.13. The fraction of sp³-hybridized carbons (Fsp3) is 0.917. The fourth-order valence-corrected chi connectivity index (χ4v) is 3.68. The molecule has 0 aromatic rings. The highest BCUT2D eigenvalue weighted by molar-refractivity contribution is 7.99. The number of rotatable bonds is 5. The van der Waals surface area contributed by atoms with Crippen LogP contribution in [0.5, 0.6) is 0 Å². The average molecular weight is 258 g/mol. The lowest BCUT2D eigenvalue weighted by Gasteiger charge is -2.19. The first-order chi connectivity index (χ1) is 8.31. The smallest absolute Gasteiger partial charge is 0.227 e. The van der Waals surface area contributed by atoms with Crippen LogP contribution in [0, 0.1) is 11.8 Å². The Morgan fingerprint density at radius 2 is 2.35 bits per heavy atom. The molecule has 98 valence electrons. The zero-order valence-corrected chi connectivity index (χ0v) is 11.2. The molecular weight excluding hydrogens is 236 g/mol. The molecule has 0 spiro atoms. The van der Waals surface area contributed by atoms with Gasteiger partial charge in [0, 0.05) is 12.6 Å². The van der Waals surface area contributed by atoms with E-state index in [1.165, 1.54) is 17.9 Å². The van der Waals surface area contributed by atoms with Crippen LogP contribution < -0.4 is 10.6 Å². The van der Waals surface area contributed by atoms with Crippen molar-refractivity contribution in [2.75, 3.05) is 37.8 Å². The van der Waals surface area contributed by atoms with Crippen LogP contribution in [-0.4, -0.2) is 49.8 Å². The zero-order valence-electron chi connectivity index (χ0n) is 10.4. The topological polar surface area (TPSA) is 50.4 Å². The van der Waals surface area contributed by atoms with Crippen LogP contribution in [0.3, 0.4) is 0 Å². The van der Waals surface area contributed by atoms with E-state index in [2.05, 4.69) is 17.6 Å². The van der Waals surface area contributed by atoms with E-state index in [9.17, 15) is 4.79 Å². The minimum atomic E-state index is -0.0102. The Labute approximate surface area is 107 Å². The summed E-state index contributed by atoms with van der Waals surface area (Å²) in [6.07, 6.45) is 1.24. The van der Waals surface area contributed by atoms with Crippen LogP contribution in [0.15, 0.2) is 0 Å². The van der Waals surface area contributed by atoms with Gasteiger partial charge in [-0.05, 0) is 30.4 Å². The monoisotopic (exact) mass is 258 g/mol. The summed E-state index contributed by atoms with van der Waals surface area (Å²) in [6.45, 7) is 5.00. The van der Waals surface area contributed by atoms with Gasteiger partial charge in [0.1, 0.15) is 0 Å². The molecule has 2 rings (SSSR count). The van der Waals surface area contributed by atoms with Crippen molar-refractivity contribution in [3.05, 3.63) is 0 Å². The molecule has 0 saturated carbocycles. The van der Waals surface area contributed by atoms with Gasteiger partial charge in [0.25, 0.3) is 0 Å². The molecule has 2 heterocycles. The lowest BCUT2D eigenvalue weighted by molar-refractivity contribution is -0.125. The predicted octanol–water partition coefficient (Wildman–Crippen LogP) is 0.480. The molecule has 0 aromatic heterocycles. The standard InChI is InChI=1S/C12H22N2O2S/c1-2-13-11-7-16-6-10(11)12(15)14-5-9-3-4-17-8-9/h9-11,13H,2-8H2,1H3,(H,14,15). The molecule has 17 heavy (non-hydrogen) atoms. The van der Waals surface area contributed by atoms with Crippen molar-refractivity contribution in [1.29, 1.82) is 0 Å². The summed E-state index contributed by atoms with van der Waals surface area (Å²) >= 11 is 1.99. The Hall–Kier alpha value is -0.260. The van der Waals surface area contributed by atoms with Crippen LogP contribution in [0.25, 0.3) is 0 Å². The molecule has 4 nitrogen and oxygen atoms in total. The Morgan fingerprint density at radius 1 is 1.47 bits per heavy atom. The molecule has 3 atom stereocenters. The predicted molar refractivity (Wildman–Crippen MR) is 70.2 cm³/mol. The number of ether oxygens (including phenoxy) is 1. The first-order valence-corrected chi connectivity index (χ1v) is 7.63. The van der Waals surface area contributed by atoms with Gasteiger partial charge in [-0.3, -0.25) is 4.79 Å². The molecule has 0 radical (unpaired) electrons. The van der Waals surface area contributed by atoms with E-state index >= 15 is 0 Å². The highest BCUT2D eigenvalue weighted by atomic mass is 32.2. The van der Waals surface area contributed by atoms with Crippen LogP contribution in [-0.2, 0) is 9.53 Å². The molecule has 2 N–H and O–H groups in total. The third kappa shape index (κ3) is 3.60. The summed E-state index contributed by atoms with van der Waals surface area (Å²) < 4.78 is 5.39. The maximum atomic E-state index is 12.0. The molecule has 0 aliphatic carbocycles. The van der Waals surface area contributed by atoms with Crippen molar-refractivity contribution in [2.24, 2.45) is 11.8 Å². The van der Waals surface area contributed by atoms with Crippen LogP contribution >= 0.6 is 11.8 Å². The summed E-state index contributed by atoms with van der Waals surface area (Å²) in [6, 6.07) is 0.193. The molecule has 0 aromatic carbocycles. The van der Waals surface area contributed by atoms with Gasteiger partial charge >= 0.3 is 0 Å². The summed E-state index contributed by atoms with van der Waals surface area (Å²) in [7, 11) is 0. The number of hydrogen-bond acceptors (Lipinski definition) is 4. The molecule has 2 saturated heterocycles. The minimum Gasteiger partial charge on any atom is -0.379 e. The molecular formula is C12H22N2O2S. The SMILES string of the molecule is CCNC1COCC1C(=O)NCC1CCSC1.